The van der Waals surface area contributed by atoms with E-state index in [0.717, 1.165) is 23.5 Å². The normalized spacial score (nSPS) is 35.7. The molecule has 0 saturated carbocycles. The molecule has 0 aromatic heterocycles. The summed E-state index contributed by atoms with van der Waals surface area (Å²) >= 11 is 0. The number of aliphatic hydroxyl groups excluding tert-OH is 1. The van der Waals surface area contributed by atoms with E-state index in [-0.39, 0.29) is 6.42 Å². The van der Waals surface area contributed by atoms with Gasteiger partial charge in [-0.05, 0) is 63.0 Å². The minimum absolute atomic E-state index is 0.250. The number of allylic oxidation sites excluding steroid dienone is 1. The van der Waals surface area contributed by atoms with E-state index in [9.17, 15) is 24.6 Å². The van der Waals surface area contributed by atoms with Crippen LogP contribution in [0.25, 0.3) is 0 Å². The van der Waals surface area contributed by atoms with Crippen LogP contribution in [-0.4, -0.2) is 58.5 Å². The van der Waals surface area contributed by atoms with Crippen LogP contribution in [0.2, 0.25) is 0 Å². The molecule has 204 valence electrons. The van der Waals surface area contributed by atoms with Crippen molar-refractivity contribution < 1.29 is 38.8 Å². The van der Waals surface area contributed by atoms with Gasteiger partial charge in [0.25, 0.3) is 5.91 Å². The van der Waals surface area contributed by atoms with Crippen LogP contribution in [0.4, 0.5) is 4.79 Å². The Morgan fingerprint density at radius 3 is 2.47 bits per heavy atom. The number of carbonyl (C=O) groups excluding carboxylic acids is 3. The molecule has 9 heteroatoms. The van der Waals surface area contributed by atoms with Gasteiger partial charge in [-0.15, -0.1) is 0 Å². The molecule has 2 heterocycles. The first kappa shape index (κ1) is 27.6. The number of ketones is 1. The van der Waals surface area contributed by atoms with Gasteiger partial charge in [0.05, 0.1) is 31.3 Å². The Hall–Kier alpha value is -3.43. The molecule has 38 heavy (non-hydrogen) atoms. The maximum absolute atomic E-state index is 13.8. The van der Waals surface area contributed by atoms with Crippen molar-refractivity contribution in [1.29, 1.82) is 0 Å². The third-order valence-electron chi connectivity index (χ3n) is 8.11. The molecule has 1 spiro atoms. The van der Waals surface area contributed by atoms with Crippen molar-refractivity contribution in [2.45, 2.75) is 63.9 Å². The van der Waals surface area contributed by atoms with E-state index in [2.05, 4.69) is 5.32 Å². The highest BCUT2D eigenvalue weighted by Crippen LogP contribution is 2.50. The topological polar surface area (TPSA) is 131 Å². The van der Waals surface area contributed by atoms with Crippen LogP contribution in [0.15, 0.2) is 59.9 Å². The smallest absolute Gasteiger partial charge is 0.497 e. The number of cyclic esters (lactones) is 1. The molecular weight excluding hydrogens is 490 g/mol. The van der Waals surface area contributed by atoms with Crippen molar-refractivity contribution >= 4 is 17.8 Å². The SMILES string of the molecule is COc1ccc(C[C@H]2NC(=O)[C@]34OC(=O)OC=C[C@](C)(O)C(=O)[C@H](C)CC=C[C@@H]3[C@@H](O)C(C)=C(C)[C@H]24)cc1. The predicted octanol–water partition coefficient (Wildman–Crippen LogP) is 3.00. The van der Waals surface area contributed by atoms with Gasteiger partial charge in [0, 0.05) is 12.0 Å². The summed E-state index contributed by atoms with van der Waals surface area (Å²) in [6, 6.07) is 7.05. The van der Waals surface area contributed by atoms with Crippen molar-refractivity contribution in [2.75, 3.05) is 7.11 Å². The van der Waals surface area contributed by atoms with Crippen molar-refractivity contribution in [2.24, 2.45) is 17.8 Å². The lowest BCUT2D eigenvalue weighted by Crippen LogP contribution is -2.59. The summed E-state index contributed by atoms with van der Waals surface area (Å²) in [5, 5.41) is 24.9. The number of ether oxygens (including phenoxy) is 3. The quantitative estimate of drug-likeness (QED) is 0.406. The number of amides is 1. The molecule has 2 aliphatic heterocycles. The van der Waals surface area contributed by atoms with Crippen LogP contribution < -0.4 is 10.1 Å². The van der Waals surface area contributed by atoms with Gasteiger partial charge in [-0.2, -0.15) is 0 Å². The molecule has 1 aromatic carbocycles. The molecule has 1 fully saturated rings. The fourth-order valence-corrected chi connectivity index (χ4v) is 5.88. The zero-order valence-electron chi connectivity index (χ0n) is 22.3. The first-order valence-corrected chi connectivity index (χ1v) is 12.7. The van der Waals surface area contributed by atoms with Gasteiger partial charge in [-0.25, -0.2) is 4.79 Å². The van der Waals surface area contributed by atoms with Crippen LogP contribution in [0, 0.1) is 17.8 Å². The number of hydrogen-bond acceptors (Lipinski definition) is 8. The molecule has 0 radical (unpaired) electrons. The van der Waals surface area contributed by atoms with Gasteiger partial charge < -0.3 is 29.7 Å². The average Bonchev–Trinajstić information content (AvgIpc) is 3.15. The molecule has 1 saturated heterocycles. The fraction of sp³-hybridized carbons (Fsp3) is 0.483. The first-order valence-electron chi connectivity index (χ1n) is 12.7. The Kier molecular flexibility index (Phi) is 7.54. The van der Waals surface area contributed by atoms with Gasteiger partial charge in [0.2, 0.25) is 5.60 Å². The second kappa shape index (κ2) is 10.4. The molecule has 3 aliphatic rings. The van der Waals surface area contributed by atoms with Crippen LogP contribution in [-0.2, 0) is 25.5 Å². The number of hydrogen-bond donors (Lipinski definition) is 3. The van der Waals surface area contributed by atoms with E-state index in [1.165, 1.54) is 6.92 Å². The average molecular weight is 526 g/mol. The van der Waals surface area contributed by atoms with E-state index in [1.807, 2.05) is 31.2 Å². The summed E-state index contributed by atoms with van der Waals surface area (Å²) in [4.78, 5) is 39.4. The van der Waals surface area contributed by atoms with Crippen LogP contribution in [0.3, 0.4) is 0 Å². The van der Waals surface area contributed by atoms with E-state index in [0.29, 0.717) is 17.7 Å². The Labute approximate surface area is 222 Å². The summed E-state index contributed by atoms with van der Waals surface area (Å²) < 4.78 is 16.2. The minimum Gasteiger partial charge on any atom is -0.497 e. The Balaban J connectivity index is 1.79. The van der Waals surface area contributed by atoms with Gasteiger partial charge in [-0.1, -0.05) is 36.8 Å². The van der Waals surface area contributed by atoms with E-state index in [1.54, 1.807) is 33.1 Å². The highest BCUT2D eigenvalue weighted by atomic mass is 16.7. The lowest BCUT2D eigenvalue weighted by Gasteiger charge is -2.45. The lowest BCUT2D eigenvalue weighted by atomic mass is 9.63. The number of rotatable bonds is 3. The summed E-state index contributed by atoms with van der Waals surface area (Å²) in [7, 11) is 1.59. The van der Waals surface area contributed by atoms with E-state index < -0.39 is 58.9 Å². The zero-order chi connectivity index (χ0) is 27.8. The Morgan fingerprint density at radius 1 is 1.13 bits per heavy atom. The highest BCUT2D eigenvalue weighted by molar-refractivity contribution is 5.93. The Morgan fingerprint density at radius 2 is 1.82 bits per heavy atom. The highest BCUT2D eigenvalue weighted by Gasteiger charge is 2.66. The predicted molar refractivity (Wildman–Crippen MR) is 138 cm³/mol. The molecule has 0 bridgehead atoms. The van der Waals surface area contributed by atoms with Crippen molar-refractivity contribution in [3.63, 3.8) is 0 Å². The molecule has 0 unspecified atom stereocenters. The van der Waals surface area contributed by atoms with E-state index >= 15 is 0 Å². The van der Waals surface area contributed by atoms with Crippen molar-refractivity contribution in [3.05, 3.63) is 65.5 Å². The maximum Gasteiger partial charge on any atom is 0.514 e. The van der Waals surface area contributed by atoms with Crippen LogP contribution in [0.1, 0.15) is 39.7 Å². The minimum atomic E-state index is -1.86. The largest absolute Gasteiger partial charge is 0.514 e. The number of benzene rings is 1. The van der Waals surface area contributed by atoms with Gasteiger partial charge in [-0.3, -0.25) is 9.59 Å². The number of nitrogens with one attached hydrogen (secondary N) is 1. The second-order valence-corrected chi connectivity index (χ2v) is 10.6. The standard InChI is InChI=1S/C29H35NO8/c1-16-7-6-8-21-24(31)18(3)17(2)23-22(15-19-9-11-20(36-5)12-10-19)30-26(33)29(21,23)38-27(34)37-14-13-28(4,35)25(16)32/h6,8-14,16,21-24,31,35H,7,15H2,1-5H3,(H,30,33)/t16-,21-,22-,23-,24+,28+,29+/m1/s1. The monoisotopic (exact) mass is 525 g/mol. The molecule has 9 nitrogen and oxygen atoms in total. The van der Waals surface area contributed by atoms with Gasteiger partial charge >= 0.3 is 6.16 Å². The summed E-state index contributed by atoms with van der Waals surface area (Å²) in [6.07, 6.45) is 3.71. The maximum atomic E-state index is 13.8. The molecular formula is C29H35NO8. The summed E-state index contributed by atoms with van der Waals surface area (Å²) in [5.74, 6) is -2.39. The third-order valence-corrected chi connectivity index (χ3v) is 8.11. The molecule has 4 rings (SSSR count). The summed E-state index contributed by atoms with van der Waals surface area (Å²) in [5.41, 5.74) is -1.27. The van der Waals surface area contributed by atoms with Crippen LogP contribution in [0.5, 0.6) is 5.75 Å². The van der Waals surface area contributed by atoms with Crippen LogP contribution >= 0.6 is 0 Å². The summed E-state index contributed by atoms with van der Waals surface area (Å²) in [6.45, 7) is 6.62. The van der Waals surface area contributed by atoms with Crippen molar-refractivity contribution in [1.82, 2.24) is 5.32 Å². The third kappa shape index (κ3) is 4.76. The Bertz CT molecular complexity index is 1200. The number of methoxy groups -OCH3 is 1. The molecule has 1 amide bonds. The first-order chi connectivity index (χ1) is 17.9. The van der Waals surface area contributed by atoms with Gasteiger partial charge in [0.15, 0.2) is 5.78 Å². The lowest BCUT2D eigenvalue weighted by molar-refractivity contribution is -0.151. The molecule has 3 N–H and O–H groups in total. The molecule has 7 atom stereocenters. The number of aliphatic hydroxyl groups is 2. The molecule has 1 aliphatic carbocycles. The second-order valence-electron chi connectivity index (χ2n) is 10.6. The van der Waals surface area contributed by atoms with Gasteiger partial charge in [0.1, 0.15) is 11.4 Å². The van der Waals surface area contributed by atoms with Crippen molar-refractivity contribution in [3.8, 4) is 5.75 Å². The van der Waals surface area contributed by atoms with E-state index in [4.69, 9.17) is 14.2 Å². The number of carbonyl (C=O) groups is 3. The fourth-order valence-electron chi connectivity index (χ4n) is 5.88. The number of Topliss-reactive ketones (excluding diaryl/α,β-unsaturated/α-hetero) is 1. The molecule has 1 aromatic rings. The zero-order valence-corrected chi connectivity index (χ0v) is 22.3.